The molecule has 1 aliphatic heterocycles. The molecule has 4 aliphatic carbocycles. The molecule has 5 aliphatic rings. The summed E-state index contributed by atoms with van der Waals surface area (Å²) in [7, 11) is 3.71. The third kappa shape index (κ3) is 3.54. The summed E-state index contributed by atoms with van der Waals surface area (Å²) in [4.78, 5) is 0. The van der Waals surface area contributed by atoms with Crippen LogP contribution in [0.15, 0.2) is 0 Å². The lowest BCUT2D eigenvalue weighted by atomic mass is 9.44. The molecular weight excluding hydrogens is 394 g/mol. The lowest BCUT2D eigenvalue weighted by Crippen LogP contribution is -2.57. The number of ether oxygens (including phenoxy) is 2. The average Bonchev–Trinajstić information content (AvgIpc) is 3.16. The van der Waals surface area contributed by atoms with Crippen LogP contribution < -0.4 is 5.32 Å². The molecule has 5 fully saturated rings. The number of fused-ring (bicyclic) bond motifs is 5. The minimum atomic E-state index is -0.321. The molecule has 3 heteroatoms. The average molecular weight is 446 g/mol. The van der Waals surface area contributed by atoms with Crippen molar-refractivity contribution in [3.8, 4) is 0 Å². The molecule has 1 heterocycles. The van der Waals surface area contributed by atoms with E-state index < -0.39 is 0 Å². The van der Waals surface area contributed by atoms with Gasteiger partial charge in [-0.15, -0.1) is 0 Å². The molecule has 0 radical (unpaired) electrons. The van der Waals surface area contributed by atoms with Crippen LogP contribution in [0, 0.1) is 52.3 Å². The number of piperidine rings is 1. The summed E-state index contributed by atoms with van der Waals surface area (Å²) in [6.07, 6.45) is 15.0. The first-order valence-corrected chi connectivity index (χ1v) is 14.1. The summed E-state index contributed by atoms with van der Waals surface area (Å²) in [6.45, 7) is 11.6. The quantitative estimate of drug-likeness (QED) is 0.491. The Morgan fingerprint density at radius 2 is 1.56 bits per heavy atom. The number of methoxy groups -OCH3 is 2. The maximum absolute atomic E-state index is 5.92. The maximum atomic E-state index is 5.92. The van der Waals surface area contributed by atoms with Gasteiger partial charge >= 0.3 is 0 Å². The van der Waals surface area contributed by atoms with E-state index >= 15 is 0 Å². The first-order chi connectivity index (χ1) is 15.3. The van der Waals surface area contributed by atoms with E-state index in [1.165, 1.54) is 64.3 Å². The molecule has 0 bridgehead atoms. The van der Waals surface area contributed by atoms with Gasteiger partial charge in [0, 0.05) is 33.1 Å². The Bertz CT molecular complexity index is 668. The van der Waals surface area contributed by atoms with Crippen molar-refractivity contribution in [1.82, 2.24) is 5.32 Å². The summed E-state index contributed by atoms with van der Waals surface area (Å²) < 4.78 is 11.8. The molecule has 0 amide bonds. The van der Waals surface area contributed by atoms with Crippen LogP contribution in [0.4, 0.5) is 0 Å². The van der Waals surface area contributed by atoms with Crippen molar-refractivity contribution in [3.05, 3.63) is 0 Å². The van der Waals surface area contributed by atoms with Crippen molar-refractivity contribution in [2.45, 2.75) is 110 Å². The standard InChI is InChI=1S/C29H51NO2/c1-19-7-12-26(30-18-19)20(2)23-10-11-24-22-9-8-21-17-29(31-5,32-6)16-15-27(21,3)25(22)13-14-28(23,24)4/h19-26,30H,7-18H2,1-6H3/t19?,20-,21?,22-,23+,24-,25-,26?,27-,28+/m0/s1. The van der Waals surface area contributed by atoms with Crippen molar-refractivity contribution < 1.29 is 9.47 Å². The number of nitrogens with one attached hydrogen (secondary N) is 1. The maximum Gasteiger partial charge on any atom is 0.167 e. The molecule has 0 spiro atoms. The second-order valence-electron chi connectivity index (χ2n) is 13.5. The highest BCUT2D eigenvalue weighted by Gasteiger charge is 2.62. The second-order valence-corrected chi connectivity index (χ2v) is 13.5. The van der Waals surface area contributed by atoms with Gasteiger partial charge < -0.3 is 14.8 Å². The van der Waals surface area contributed by atoms with Crippen molar-refractivity contribution in [2.75, 3.05) is 20.8 Å². The van der Waals surface area contributed by atoms with E-state index in [1.54, 1.807) is 0 Å². The van der Waals surface area contributed by atoms with Crippen LogP contribution in [0.3, 0.4) is 0 Å². The SMILES string of the molecule is COC1(OC)CC[C@@]2(C)C(CC[C@H]3[C@@H]4CC[C@H]([C@H](C)C5CCC(C)CN5)[C@@]4(C)CC[C@@H]32)C1. The highest BCUT2D eigenvalue weighted by atomic mass is 16.7. The molecule has 1 N–H and O–H groups in total. The van der Waals surface area contributed by atoms with Gasteiger partial charge in [0.15, 0.2) is 5.79 Å². The first kappa shape index (κ1) is 23.6. The molecule has 3 nitrogen and oxygen atoms in total. The Labute approximate surface area is 198 Å². The second kappa shape index (κ2) is 8.52. The number of rotatable bonds is 4. The smallest absolute Gasteiger partial charge is 0.167 e. The van der Waals surface area contributed by atoms with Gasteiger partial charge in [-0.25, -0.2) is 0 Å². The first-order valence-electron chi connectivity index (χ1n) is 14.1. The third-order valence-electron chi connectivity index (χ3n) is 12.5. The van der Waals surface area contributed by atoms with Gasteiger partial charge in [-0.3, -0.25) is 0 Å². The molecule has 1 saturated heterocycles. The lowest BCUT2D eigenvalue weighted by molar-refractivity contribution is -0.261. The van der Waals surface area contributed by atoms with Crippen molar-refractivity contribution in [1.29, 1.82) is 0 Å². The number of hydrogen-bond acceptors (Lipinski definition) is 3. The van der Waals surface area contributed by atoms with Crippen LogP contribution in [-0.2, 0) is 9.47 Å². The highest BCUT2D eigenvalue weighted by Crippen LogP contribution is 2.69. The van der Waals surface area contributed by atoms with Crippen molar-refractivity contribution in [2.24, 2.45) is 52.3 Å². The number of hydrogen-bond donors (Lipinski definition) is 1. The summed E-state index contributed by atoms with van der Waals surface area (Å²) in [5.41, 5.74) is 1.07. The van der Waals surface area contributed by atoms with Crippen LogP contribution in [0.5, 0.6) is 0 Å². The predicted molar refractivity (Wildman–Crippen MR) is 131 cm³/mol. The van der Waals surface area contributed by atoms with Gasteiger partial charge in [-0.05, 0) is 117 Å². The van der Waals surface area contributed by atoms with Gasteiger partial charge in [-0.1, -0.05) is 27.7 Å². The third-order valence-corrected chi connectivity index (χ3v) is 12.5. The molecule has 5 rings (SSSR count). The van der Waals surface area contributed by atoms with E-state index in [0.29, 0.717) is 10.8 Å². The van der Waals surface area contributed by atoms with E-state index in [1.807, 2.05) is 14.2 Å². The molecule has 0 aromatic rings. The van der Waals surface area contributed by atoms with Crippen LogP contribution in [0.25, 0.3) is 0 Å². The molecule has 0 aromatic carbocycles. The Kier molecular flexibility index (Phi) is 6.29. The van der Waals surface area contributed by atoms with Crippen molar-refractivity contribution in [3.63, 3.8) is 0 Å². The highest BCUT2D eigenvalue weighted by molar-refractivity contribution is 5.11. The molecular formula is C29H51NO2. The molecule has 184 valence electrons. The summed E-state index contributed by atoms with van der Waals surface area (Å²) in [5.74, 6) is 5.92. The zero-order valence-electron chi connectivity index (χ0n) is 21.9. The fourth-order valence-corrected chi connectivity index (χ4v) is 10.3. The van der Waals surface area contributed by atoms with Crippen LogP contribution >= 0.6 is 0 Å². The minimum Gasteiger partial charge on any atom is -0.353 e. The largest absolute Gasteiger partial charge is 0.353 e. The van der Waals surface area contributed by atoms with Gasteiger partial charge in [0.25, 0.3) is 0 Å². The zero-order chi connectivity index (χ0) is 22.7. The zero-order valence-corrected chi connectivity index (χ0v) is 21.9. The van der Waals surface area contributed by atoms with Gasteiger partial charge in [0.1, 0.15) is 0 Å². The molecule has 4 saturated carbocycles. The fourth-order valence-electron chi connectivity index (χ4n) is 10.3. The minimum absolute atomic E-state index is 0.321. The molecule has 10 atom stereocenters. The van der Waals surface area contributed by atoms with E-state index in [-0.39, 0.29) is 5.79 Å². The van der Waals surface area contributed by atoms with Gasteiger partial charge in [0.2, 0.25) is 0 Å². The summed E-state index contributed by atoms with van der Waals surface area (Å²) in [5, 5.41) is 3.95. The Morgan fingerprint density at radius 3 is 2.25 bits per heavy atom. The summed E-state index contributed by atoms with van der Waals surface area (Å²) >= 11 is 0. The predicted octanol–water partition coefficient (Wildman–Crippen LogP) is 6.66. The monoisotopic (exact) mass is 445 g/mol. The van der Waals surface area contributed by atoms with Crippen LogP contribution in [-0.4, -0.2) is 32.6 Å². The topological polar surface area (TPSA) is 30.5 Å². The van der Waals surface area contributed by atoms with E-state index in [0.717, 1.165) is 60.3 Å². The Hall–Kier alpha value is -0.120. The normalized spacial score (nSPS) is 51.4. The lowest BCUT2D eigenvalue weighted by Gasteiger charge is -2.62. The van der Waals surface area contributed by atoms with Gasteiger partial charge in [0.05, 0.1) is 0 Å². The van der Waals surface area contributed by atoms with E-state index in [2.05, 4.69) is 33.0 Å². The van der Waals surface area contributed by atoms with Crippen LogP contribution in [0.2, 0.25) is 0 Å². The van der Waals surface area contributed by atoms with Crippen molar-refractivity contribution >= 4 is 0 Å². The molecule has 32 heavy (non-hydrogen) atoms. The van der Waals surface area contributed by atoms with E-state index in [4.69, 9.17) is 9.47 Å². The summed E-state index contributed by atoms with van der Waals surface area (Å²) in [6, 6.07) is 0.757. The fraction of sp³-hybridized carbons (Fsp3) is 1.00. The van der Waals surface area contributed by atoms with E-state index in [9.17, 15) is 0 Å². The van der Waals surface area contributed by atoms with Gasteiger partial charge in [-0.2, -0.15) is 0 Å². The van der Waals surface area contributed by atoms with Crippen LogP contribution in [0.1, 0.15) is 98.3 Å². The molecule has 3 unspecified atom stereocenters. The Balaban J connectivity index is 1.32. The Morgan fingerprint density at radius 1 is 0.812 bits per heavy atom. The molecule has 0 aromatic heterocycles.